The first-order valence-electron chi connectivity index (χ1n) is 11.2. The standard InChI is InChI=1S/C29H23N3O3/c33-28(20-35-27-15-5-10-23-12-6-16-30-29(23)27)32-31-18-21-7-3-13-25(17-21)34-19-24-11-4-9-22-8-1-2-14-26(22)24/h1-18H,19-20H2,(H,32,33)/b31-18-. The minimum atomic E-state index is -0.363. The summed E-state index contributed by atoms with van der Waals surface area (Å²) in [5.74, 6) is 0.913. The largest absolute Gasteiger partial charge is 0.489 e. The summed E-state index contributed by atoms with van der Waals surface area (Å²) < 4.78 is 11.7. The Labute approximate surface area is 202 Å². The van der Waals surface area contributed by atoms with E-state index in [1.54, 1.807) is 18.5 Å². The van der Waals surface area contributed by atoms with Crippen molar-refractivity contribution in [2.75, 3.05) is 6.61 Å². The number of fused-ring (bicyclic) bond motifs is 2. The Morgan fingerprint density at radius 3 is 2.63 bits per heavy atom. The van der Waals surface area contributed by atoms with Gasteiger partial charge in [-0.2, -0.15) is 5.10 Å². The number of carbonyl (C=O) groups excluding carboxylic acids is 1. The van der Waals surface area contributed by atoms with Crippen molar-refractivity contribution >= 4 is 33.8 Å². The molecule has 0 saturated carbocycles. The van der Waals surface area contributed by atoms with E-state index in [0.717, 1.165) is 22.3 Å². The minimum absolute atomic E-state index is 0.165. The fraction of sp³-hybridized carbons (Fsp3) is 0.0690. The summed E-state index contributed by atoms with van der Waals surface area (Å²) in [6, 6.07) is 31.4. The first-order valence-corrected chi connectivity index (χ1v) is 11.2. The van der Waals surface area contributed by atoms with Crippen LogP contribution in [0.3, 0.4) is 0 Å². The highest BCUT2D eigenvalue weighted by molar-refractivity contribution is 5.86. The summed E-state index contributed by atoms with van der Waals surface area (Å²) in [5.41, 5.74) is 5.13. The fourth-order valence-electron chi connectivity index (χ4n) is 3.81. The molecule has 1 N–H and O–H groups in total. The van der Waals surface area contributed by atoms with Gasteiger partial charge in [0.15, 0.2) is 6.61 Å². The number of hydrogen-bond donors (Lipinski definition) is 1. The lowest BCUT2D eigenvalue weighted by Crippen LogP contribution is -2.24. The molecule has 0 bridgehead atoms. The highest BCUT2D eigenvalue weighted by Gasteiger charge is 2.06. The summed E-state index contributed by atoms with van der Waals surface area (Å²) >= 11 is 0. The molecule has 0 spiro atoms. The van der Waals surface area contributed by atoms with Gasteiger partial charge in [-0.3, -0.25) is 9.78 Å². The maximum Gasteiger partial charge on any atom is 0.277 e. The Hall–Kier alpha value is -4.71. The van der Waals surface area contributed by atoms with E-state index >= 15 is 0 Å². The second-order valence-electron chi connectivity index (χ2n) is 7.91. The Morgan fingerprint density at radius 1 is 0.857 bits per heavy atom. The van der Waals surface area contributed by atoms with Gasteiger partial charge in [-0.15, -0.1) is 0 Å². The number of pyridine rings is 1. The van der Waals surface area contributed by atoms with Crippen molar-refractivity contribution in [1.82, 2.24) is 10.4 Å². The van der Waals surface area contributed by atoms with Gasteiger partial charge in [-0.05, 0) is 46.2 Å². The zero-order valence-corrected chi connectivity index (χ0v) is 18.9. The van der Waals surface area contributed by atoms with E-state index in [2.05, 4.69) is 39.8 Å². The van der Waals surface area contributed by atoms with Crippen LogP contribution in [0.4, 0.5) is 0 Å². The lowest BCUT2D eigenvalue weighted by atomic mass is 10.1. The zero-order chi connectivity index (χ0) is 23.9. The van der Waals surface area contributed by atoms with Crippen LogP contribution in [0.5, 0.6) is 11.5 Å². The Balaban J connectivity index is 1.16. The number of amides is 1. The molecule has 0 aliphatic heterocycles. The smallest absolute Gasteiger partial charge is 0.277 e. The quantitative estimate of drug-likeness (QED) is 0.245. The van der Waals surface area contributed by atoms with Gasteiger partial charge in [0, 0.05) is 11.6 Å². The van der Waals surface area contributed by atoms with Gasteiger partial charge in [0.2, 0.25) is 0 Å². The van der Waals surface area contributed by atoms with Crippen LogP contribution in [0.15, 0.2) is 108 Å². The number of para-hydroxylation sites is 1. The van der Waals surface area contributed by atoms with Crippen LogP contribution in [0.1, 0.15) is 11.1 Å². The number of carbonyl (C=O) groups is 1. The SMILES string of the molecule is O=C(COc1cccc2cccnc12)N/N=C\c1cccc(OCc2cccc3ccccc23)c1. The predicted molar refractivity (Wildman–Crippen MR) is 138 cm³/mol. The highest BCUT2D eigenvalue weighted by Crippen LogP contribution is 2.23. The molecule has 6 heteroatoms. The summed E-state index contributed by atoms with van der Waals surface area (Å²) in [7, 11) is 0. The predicted octanol–water partition coefficient (Wildman–Crippen LogP) is 5.50. The third kappa shape index (κ3) is 5.45. The molecule has 1 heterocycles. The number of rotatable bonds is 8. The first kappa shape index (κ1) is 22.1. The van der Waals surface area contributed by atoms with E-state index in [0.29, 0.717) is 17.9 Å². The van der Waals surface area contributed by atoms with E-state index in [-0.39, 0.29) is 12.5 Å². The summed E-state index contributed by atoms with van der Waals surface area (Å²) in [6.45, 7) is 0.292. The molecule has 1 amide bonds. The second kappa shape index (κ2) is 10.5. The number of ether oxygens (including phenoxy) is 2. The molecule has 4 aromatic carbocycles. The summed E-state index contributed by atoms with van der Waals surface area (Å²) in [5, 5.41) is 7.35. The molecular weight excluding hydrogens is 438 g/mol. The zero-order valence-electron chi connectivity index (χ0n) is 18.9. The maximum absolute atomic E-state index is 12.2. The average Bonchev–Trinajstić information content (AvgIpc) is 2.91. The Morgan fingerprint density at radius 2 is 1.66 bits per heavy atom. The second-order valence-corrected chi connectivity index (χ2v) is 7.91. The lowest BCUT2D eigenvalue weighted by molar-refractivity contribution is -0.123. The van der Waals surface area contributed by atoms with Crippen molar-refractivity contribution in [2.45, 2.75) is 6.61 Å². The van der Waals surface area contributed by atoms with Gasteiger partial charge in [-0.25, -0.2) is 5.43 Å². The molecular formula is C29H23N3O3. The average molecular weight is 462 g/mol. The molecule has 0 aliphatic carbocycles. The normalized spacial score (nSPS) is 11.1. The first-order chi connectivity index (χ1) is 17.3. The van der Waals surface area contributed by atoms with Crippen LogP contribution in [-0.2, 0) is 11.4 Å². The maximum atomic E-state index is 12.2. The van der Waals surface area contributed by atoms with Crippen molar-refractivity contribution < 1.29 is 14.3 Å². The third-order valence-electron chi connectivity index (χ3n) is 5.49. The van der Waals surface area contributed by atoms with Crippen LogP contribution in [0.25, 0.3) is 21.7 Å². The third-order valence-corrected chi connectivity index (χ3v) is 5.49. The number of benzene rings is 4. The number of hydrogen-bond acceptors (Lipinski definition) is 5. The molecule has 0 atom stereocenters. The van der Waals surface area contributed by atoms with Crippen LogP contribution >= 0.6 is 0 Å². The molecule has 6 nitrogen and oxygen atoms in total. The van der Waals surface area contributed by atoms with Crippen LogP contribution in [0, 0.1) is 0 Å². The van der Waals surface area contributed by atoms with E-state index in [1.165, 1.54) is 10.8 Å². The highest BCUT2D eigenvalue weighted by atomic mass is 16.5. The van der Waals surface area contributed by atoms with Crippen molar-refractivity contribution in [3.8, 4) is 11.5 Å². The fourth-order valence-corrected chi connectivity index (χ4v) is 3.81. The molecule has 0 radical (unpaired) electrons. The number of aromatic nitrogens is 1. The van der Waals surface area contributed by atoms with Crippen molar-refractivity contribution in [2.24, 2.45) is 5.10 Å². The molecule has 0 unspecified atom stereocenters. The molecule has 1 aromatic heterocycles. The Bertz CT molecular complexity index is 1500. The van der Waals surface area contributed by atoms with Gasteiger partial charge in [0.25, 0.3) is 5.91 Å². The lowest BCUT2D eigenvalue weighted by Gasteiger charge is -2.09. The van der Waals surface area contributed by atoms with E-state index < -0.39 is 0 Å². The topological polar surface area (TPSA) is 72.8 Å². The van der Waals surface area contributed by atoms with E-state index in [9.17, 15) is 4.79 Å². The van der Waals surface area contributed by atoms with Gasteiger partial charge < -0.3 is 9.47 Å². The molecule has 35 heavy (non-hydrogen) atoms. The van der Waals surface area contributed by atoms with Crippen molar-refractivity contribution in [1.29, 1.82) is 0 Å². The Kier molecular flexibility index (Phi) is 6.62. The monoisotopic (exact) mass is 461 g/mol. The van der Waals surface area contributed by atoms with E-state index in [1.807, 2.05) is 66.7 Å². The summed E-state index contributed by atoms with van der Waals surface area (Å²) in [6.07, 6.45) is 3.27. The van der Waals surface area contributed by atoms with Crippen molar-refractivity contribution in [3.63, 3.8) is 0 Å². The molecule has 5 rings (SSSR count). The van der Waals surface area contributed by atoms with Crippen LogP contribution < -0.4 is 14.9 Å². The number of nitrogens with one attached hydrogen (secondary N) is 1. The molecule has 0 aliphatic rings. The van der Waals surface area contributed by atoms with Gasteiger partial charge in [0.1, 0.15) is 23.6 Å². The molecule has 172 valence electrons. The minimum Gasteiger partial charge on any atom is -0.489 e. The van der Waals surface area contributed by atoms with Crippen molar-refractivity contribution in [3.05, 3.63) is 114 Å². The summed E-state index contributed by atoms with van der Waals surface area (Å²) in [4.78, 5) is 16.5. The van der Waals surface area contributed by atoms with E-state index in [4.69, 9.17) is 9.47 Å². The molecule has 0 fully saturated rings. The molecule has 0 saturated heterocycles. The van der Waals surface area contributed by atoms with Gasteiger partial charge >= 0.3 is 0 Å². The number of nitrogens with zero attached hydrogens (tertiary/aromatic N) is 2. The van der Waals surface area contributed by atoms with Gasteiger partial charge in [-0.1, -0.05) is 72.8 Å². The number of hydrazone groups is 1. The van der Waals surface area contributed by atoms with Crippen LogP contribution in [-0.4, -0.2) is 23.7 Å². The molecule has 5 aromatic rings. The van der Waals surface area contributed by atoms with Gasteiger partial charge in [0.05, 0.1) is 6.21 Å². The van der Waals surface area contributed by atoms with Crippen LogP contribution in [0.2, 0.25) is 0 Å².